The average Bonchev–Trinajstić information content (AvgIpc) is 2.53. The number of carbonyl (C=O) groups is 1. The standard InChI is InChI=1S/C10H17NO2/c1-10(2,6-5-9(12)13)11-7-3-4-8-11/h3-4H,5-8H2,1-2H3,(H,12,13). The van der Waals surface area contributed by atoms with Crippen LogP contribution in [0.1, 0.15) is 26.7 Å². The number of rotatable bonds is 4. The molecule has 74 valence electrons. The number of nitrogens with zero attached hydrogens (tertiary/aromatic N) is 1. The van der Waals surface area contributed by atoms with Crippen LogP contribution in [-0.2, 0) is 4.79 Å². The van der Waals surface area contributed by atoms with Crippen LogP contribution >= 0.6 is 0 Å². The predicted octanol–water partition coefficient (Wildman–Crippen LogP) is 1.50. The average molecular weight is 183 g/mol. The van der Waals surface area contributed by atoms with Crippen molar-refractivity contribution >= 4 is 5.97 Å². The summed E-state index contributed by atoms with van der Waals surface area (Å²) in [5, 5.41) is 8.59. The molecule has 1 aliphatic rings. The van der Waals surface area contributed by atoms with Crippen LogP contribution in [0.3, 0.4) is 0 Å². The molecule has 0 bridgehead atoms. The molecule has 0 unspecified atom stereocenters. The van der Waals surface area contributed by atoms with Gasteiger partial charge >= 0.3 is 5.97 Å². The SMILES string of the molecule is CC(C)(CCC(=O)O)N1CC=CC1. The highest BCUT2D eigenvalue weighted by atomic mass is 16.4. The van der Waals surface area contributed by atoms with Crippen LogP contribution in [0.4, 0.5) is 0 Å². The molecule has 0 saturated heterocycles. The minimum Gasteiger partial charge on any atom is -0.481 e. The summed E-state index contributed by atoms with van der Waals surface area (Å²) in [6.45, 7) is 6.10. The predicted molar refractivity (Wildman–Crippen MR) is 51.7 cm³/mol. The van der Waals surface area contributed by atoms with Gasteiger partial charge in [0.15, 0.2) is 0 Å². The summed E-state index contributed by atoms with van der Waals surface area (Å²) in [6.07, 6.45) is 5.22. The molecule has 0 aromatic rings. The fourth-order valence-corrected chi connectivity index (χ4v) is 1.54. The fraction of sp³-hybridized carbons (Fsp3) is 0.700. The Morgan fingerprint density at radius 3 is 2.46 bits per heavy atom. The lowest BCUT2D eigenvalue weighted by molar-refractivity contribution is -0.137. The van der Waals surface area contributed by atoms with Gasteiger partial charge in [0.2, 0.25) is 0 Å². The van der Waals surface area contributed by atoms with E-state index in [0.717, 1.165) is 13.1 Å². The molecule has 0 spiro atoms. The number of hydrogen-bond donors (Lipinski definition) is 1. The van der Waals surface area contributed by atoms with Crippen LogP contribution in [0.5, 0.6) is 0 Å². The molecule has 3 nitrogen and oxygen atoms in total. The third-order valence-electron chi connectivity index (χ3n) is 2.62. The molecule has 1 heterocycles. The zero-order valence-corrected chi connectivity index (χ0v) is 8.29. The maximum atomic E-state index is 10.4. The van der Waals surface area contributed by atoms with Crippen molar-refractivity contribution in [2.45, 2.75) is 32.2 Å². The minimum absolute atomic E-state index is 0.00188. The Labute approximate surface area is 79.0 Å². The summed E-state index contributed by atoms with van der Waals surface area (Å²) in [4.78, 5) is 12.7. The molecule has 0 amide bonds. The Morgan fingerprint density at radius 2 is 2.00 bits per heavy atom. The molecule has 0 saturated carbocycles. The van der Waals surface area contributed by atoms with Crippen molar-refractivity contribution in [3.05, 3.63) is 12.2 Å². The summed E-state index contributed by atoms with van der Waals surface area (Å²) in [7, 11) is 0. The molecular weight excluding hydrogens is 166 g/mol. The second-order valence-corrected chi connectivity index (χ2v) is 4.08. The molecule has 1 aliphatic heterocycles. The minimum atomic E-state index is -0.708. The second kappa shape index (κ2) is 3.92. The van der Waals surface area contributed by atoms with E-state index in [1.54, 1.807) is 0 Å². The van der Waals surface area contributed by atoms with Gasteiger partial charge in [-0.2, -0.15) is 0 Å². The number of aliphatic carboxylic acids is 1. The highest BCUT2D eigenvalue weighted by Gasteiger charge is 2.27. The third-order valence-corrected chi connectivity index (χ3v) is 2.62. The largest absolute Gasteiger partial charge is 0.481 e. The van der Waals surface area contributed by atoms with Crippen molar-refractivity contribution in [1.82, 2.24) is 4.90 Å². The van der Waals surface area contributed by atoms with Gasteiger partial charge < -0.3 is 5.11 Å². The van der Waals surface area contributed by atoms with E-state index < -0.39 is 5.97 Å². The Bertz CT molecular complexity index is 213. The molecule has 0 fully saturated rings. The maximum absolute atomic E-state index is 10.4. The Morgan fingerprint density at radius 1 is 1.46 bits per heavy atom. The lowest BCUT2D eigenvalue weighted by atomic mass is 9.96. The number of carboxylic acids is 1. The van der Waals surface area contributed by atoms with Crippen molar-refractivity contribution in [2.75, 3.05) is 13.1 Å². The van der Waals surface area contributed by atoms with Crippen molar-refractivity contribution in [1.29, 1.82) is 0 Å². The summed E-state index contributed by atoms with van der Waals surface area (Å²) >= 11 is 0. The van der Waals surface area contributed by atoms with Crippen molar-refractivity contribution in [3.63, 3.8) is 0 Å². The van der Waals surface area contributed by atoms with Gasteiger partial charge in [0.05, 0.1) is 0 Å². The first kappa shape index (κ1) is 10.3. The van der Waals surface area contributed by atoms with Crippen molar-refractivity contribution < 1.29 is 9.90 Å². The summed E-state index contributed by atoms with van der Waals surface area (Å²) in [5.74, 6) is -0.708. The first-order chi connectivity index (χ1) is 6.02. The maximum Gasteiger partial charge on any atom is 0.303 e. The van der Waals surface area contributed by atoms with Gasteiger partial charge in [0.25, 0.3) is 0 Å². The molecule has 0 radical (unpaired) electrons. The molecule has 0 atom stereocenters. The first-order valence-corrected chi connectivity index (χ1v) is 4.64. The van der Waals surface area contributed by atoms with E-state index in [1.807, 2.05) is 0 Å². The molecule has 0 aromatic carbocycles. The second-order valence-electron chi connectivity index (χ2n) is 4.08. The zero-order chi connectivity index (χ0) is 9.90. The molecule has 13 heavy (non-hydrogen) atoms. The van der Waals surface area contributed by atoms with Gasteiger partial charge in [-0.25, -0.2) is 0 Å². The van der Waals surface area contributed by atoms with Crippen LogP contribution in [0.25, 0.3) is 0 Å². The van der Waals surface area contributed by atoms with E-state index in [2.05, 4.69) is 30.9 Å². The van der Waals surface area contributed by atoms with Gasteiger partial charge in [-0.1, -0.05) is 12.2 Å². The van der Waals surface area contributed by atoms with Crippen LogP contribution in [0.2, 0.25) is 0 Å². The third kappa shape index (κ3) is 2.84. The van der Waals surface area contributed by atoms with Crippen molar-refractivity contribution in [3.8, 4) is 0 Å². The molecular formula is C10H17NO2. The highest BCUT2D eigenvalue weighted by Crippen LogP contribution is 2.22. The van der Waals surface area contributed by atoms with Crippen molar-refractivity contribution in [2.24, 2.45) is 0 Å². The van der Waals surface area contributed by atoms with Gasteiger partial charge in [0, 0.05) is 25.0 Å². The topological polar surface area (TPSA) is 40.5 Å². The normalized spacial score (nSPS) is 18.0. The Balaban J connectivity index is 2.40. The fourth-order valence-electron chi connectivity index (χ4n) is 1.54. The van der Waals surface area contributed by atoms with E-state index in [4.69, 9.17) is 5.11 Å². The van der Waals surface area contributed by atoms with E-state index >= 15 is 0 Å². The molecule has 1 N–H and O–H groups in total. The zero-order valence-electron chi connectivity index (χ0n) is 8.29. The van der Waals surface area contributed by atoms with Gasteiger partial charge in [0.1, 0.15) is 0 Å². The number of hydrogen-bond acceptors (Lipinski definition) is 2. The Hall–Kier alpha value is -0.830. The van der Waals surface area contributed by atoms with E-state index in [-0.39, 0.29) is 12.0 Å². The summed E-state index contributed by atoms with van der Waals surface area (Å²) in [5.41, 5.74) is 0.00188. The van der Waals surface area contributed by atoms with Crippen LogP contribution in [-0.4, -0.2) is 34.6 Å². The van der Waals surface area contributed by atoms with Crippen LogP contribution in [0.15, 0.2) is 12.2 Å². The lowest BCUT2D eigenvalue weighted by Gasteiger charge is -2.35. The van der Waals surface area contributed by atoms with E-state index in [1.165, 1.54) is 0 Å². The van der Waals surface area contributed by atoms with Crippen LogP contribution in [0, 0.1) is 0 Å². The molecule has 3 heteroatoms. The smallest absolute Gasteiger partial charge is 0.303 e. The quantitative estimate of drug-likeness (QED) is 0.671. The lowest BCUT2D eigenvalue weighted by Crippen LogP contribution is -2.42. The van der Waals surface area contributed by atoms with Gasteiger partial charge in [-0.15, -0.1) is 0 Å². The highest BCUT2D eigenvalue weighted by molar-refractivity contribution is 5.66. The van der Waals surface area contributed by atoms with Crippen LogP contribution < -0.4 is 0 Å². The molecule has 0 aromatic heterocycles. The molecule has 1 rings (SSSR count). The first-order valence-electron chi connectivity index (χ1n) is 4.64. The Kier molecular flexibility index (Phi) is 3.09. The summed E-state index contributed by atoms with van der Waals surface area (Å²) < 4.78 is 0. The summed E-state index contributed by atoms with van der Waals surface area (Å²) in [6, 6.07) is 0. The molecule has 0 aliphatic carbocycles. The number of carboxylic acid groups (broad SMARTS) is 1. The van der Waals surface area contributed by atoms with E-state index in [0.29, 0.717) is 6.42 Å². The van der Waals surface area contributed by atoms with E-state index in [9.17, 15) is 4.79 Å². The van der Waals surface area contributed by atoms with Gasteiger partial charge in [-0.3, -0.25) is 9.69 Å². The van der Waals surface area contributed by atoms with Gasteiger partial charge in [-0.05, 0) is 20.3 Å². The monoisotopic (exact) mass is 183 g/mol.